The summed E-state index contributed by atoms with van der Waals surface area (Å²) in [4.78, 5) is 27.3. The normalized spacial score (nSPS) is 18.8. The summed E-state index contributed by atoms with van der Waals surface area (Å²) < 4.78 is 20.2. The molecule has 2 amide bonds. The maximum absolute atomic E-state index is 14.4. The molecular weight excluding hydrogens is 353 g/mol. The van der Waals surface area contributed by atoms with Gasteiger partial charge in [-0.3, -0.25) is 14.5 Å². The van der Waals surface area contributed by atoms with E-state index in [0.29, 0.717) is 18.3 Å². The van der Waals surface area contributed by atoms with Crippen LogP contribution in [0.15, 0.2) is 30.0 Å². The highest BCUT2D eigenvalue weighted by molar-refractivity contribution is 6.17. The summed E-state index contributed by atoms with van der Waals surface area (Å²) in [6.07, 6.45) is 3.14. The molecule has 3 rings (SSSR count). The van der Waals surface area contributed by atoms with E-state index in [4.69, 9.17) is 9.84 Å². The number of carbonyl (C=O) groups is 2. The second-order valence-electron chi connectivity index (χ2n) is 6.87. The van der Waals surface area contributed by atoms with E-state index in [2.05, 4.69) is 17.3 Å². The molecule has 0 atom stereocenters. The molecule has 8 heteroatoms. The first-order chi connectivity index (χ1) is 13.0. The number of β-amino-alcohol motifs (C(OH)–C–C–N with tert-alkyl or cyclic N) is 1. The van der Waals surface area contributed by atoms with Crippen molar-refractivity contribution in [1.29, 1.82) is 0 Å². The fourth-order valence-corrected chi connectivity index (χ4v) is 3.23. The van der Waals surface area contributed by atoms with E-state index >= 15 is 0 Å². The number of aliphatic hydroxyl groups excluding tert-OH is 1. The summed E-state index contributed by atoms with van der Waals surface area (Å²) in [7, 11) is 2.08. The average Bonchev–Trinajstić information content (AvgIpc) is 2.91. The number of carbonyl (C=O) groups excluding carboxylic acids is 2. The third kappa shape index (κ3) is 4.45. The van der Waals surface area contributed by atoms with Crippen LogP contribution in [0.1, 0.15) is 12.8 Å². The number of hydrogen-bond donors (Lipinski definition) is 2. The van der Waals surface area contributed by atoms with Crippen molar-refractivity contribution in [2.24, 2.45) is 5.92 Å². The van der Waals surface area contributed by atoms with Crippen LogP contribution >= 0.6 is 0 Å². The third-order valence-corrected chi connectivity index (χ3v) is 4.88. The number of benzene rings is 1. The molecule has 0 aliphatic carbocycles. The quantitative estimate of drug-likeness (QED) is 0.695. The molecule has 0 unspecified atom stereocenters. The molecule has 0 bridgehead atoms. The van der Waals surface area contributed by atoms with Crippen LogP contribution < -0.4 is 10.1 Å². The van der Waals surface area contributed by atoms with E-state index in [0.717, 1.165) is 36.9 Å². The van der Waals surface area contributed by atoms with Gasteiger partial charge in [-0.2, -0.15) is 0 Å². The number of hydrogen-bond acceptors (Lipinski definition) is 6. The summed E-state index contributed by atoms with van der Waals surface area (Å²) in [6, 6.07) is 4.43. The van der Waals surface area contributed by atoms with Gasteiger partial charge in [0.05, 0.1) is 19.8 Å². The number of nitrogens with one attached hydrogen (secondary N) is 1. The third-order valence-electron chi connectivity index (χ3n) is 4.88. The fraction of sp³-hybridized carbons (Fsp3) is 0.474. The number of likely N-dealkylation sites (tertiary alicyclic amines) is 1. The smallest absolute Gasteiger partial charge is 0.277 e. The number of anilines is 1. The lowest BCUT2D eigenvalue weighted by molar-refractivity contribution is -0.137. The van der Waals surface area contributed by atoms with E-state index in [1.807, 2.05) is 0 Å². The van der Waals surface area contributed by atoms with Crippen LogP contribution in [0.25, 0.3) is 0 Å². The molecule has 2 heterocycles. The number of nitrogens with zero attached hydrogens (tertiary/aromatic N) is 2. The molecule has 0 aromatic heterocycles. The van der Waals surface area contributed by atoms with Crippen molar-refractivity contribution in [1.82, 2.24) is 9.80 Å². The van der Waals surface area contributed by atoms with E-state index in [-0.39, 0.29) is 24.5 Å². The number of ether oxygens (including phenoxy) is 1. The van der Waals surface area contributed by atoms with Crippen molar-refractivity contribution in [2.75, 3.05) is 45.2 Å². The highest BCUT2D eigenvalue weighted by Crippen LogP contribution is 2.31. The first-order valence-corrected chi connectivity index (χ1v) is 9.05. The van der Waals surface area contributed by atoms with Crippen LogP contribution in [-0.4, -0.2) is 66.6 Å². The van der Waals surface area contributed by atoms with Crippen LogP contribution in [0.4, 0.5) is 10.1 Å². The van der Waals surface area contributed by atoms with Crippen molar-refractivity contribution < 1.29 is 23.8 Å². The Labute approximate surface area is 157 Å². The Hall–Kier alpha value is -2.45. The van der Waals surface area contributed by atoms with Gasteiger partial charge in [0.2, 0.25) is 0 Å². The fourth-order valence-electron chi connectivity index (χ4n) is 3.23. The van der Waals surface area contributed by atoms with Gasteiger partial charge < -0.3 is 20.1 Å². The van der Waals surface area contributed by atoms with Gasteiger partial charge in [0.1, 0.15) is 23.0 Å². The molecule has 0 radical (unpaired) electrons. The second-order valence-corrected chi connectivity index (χ2v) is 6.87. The first kappa shape index (κ1) is 19.3. The average molecular weight is 377 g/mol. The summed E-state index contributed by atoms with van der Waals surface area (Å²) in [6.45, 7) is 2.05. The standard InChI is InChI=1S/C19H24FN3O4/c1-22-7-5-13(6-8-22)12-27-16-4-2-3-14(20)18(16)21-15-11-17(25)23(9-10-24)19(15)26/h2-4,11,13,21,24H,5-10,12H2,1H3. The number of para-hydroxylation sites is 1. The molecule has 2 aliphatic heterocycles. The maximum Gasteiger partial charge on any atom is 0.277 e. The Kier molecular flexibility index (Phi) is 6.08. The Morgan fingerprint density at radius 2 is 2.04 bits per heavy atom. The Morgan fingerprint density at radius 3 is 2.74 bits per heavy atom. The lowest BCUT2D eigenvalue weighted by Gasteiger charge is -2.29. The number of aliphatic hydroxyl groups is 1. The van der Waals surface area contributed by atoms with Gasteiger partial charge in [0.25, 0.3) is 11.8 Å². The van der Waals surface area contributed by atoms with Gasteiger partial charge in [-0.05, 0) is 51.0 Å². The van der Waals surface area contributed by atoms with Crippen LogP contribution in [0.5, 0.6) is 5.75 Å². The van der Waals surface area contributed by atoms with Gasteiger partial charge in [0, 0.05) is 6.08 Å². The van der Waals surface area contributed by atoms with Crippen LogP contribution in [0, 0.1) is 11.7 Å². The van der Waals surface area contributed by atoms with Gasteiger partial charge in [0.15, 0.2) is 0 Å². The zero-order valence-electron chi connectivity index (χ0n) is 15.3. The molecule has 1 aromatic rings. The van der Waals surface area contributed by atoms with E-state index in [1.54, 1.807) is 12.1 Å². The van der Waals surface area contributed by atoms with Gasteiger partial charge >= 0.3 is 0 Å². The second kappa shape index (κ2) is 8.49. The van der Waals surface area contributed by atoms with Crippen molar-refractivity contribution in [3.63, 3.8) is 0 Å². The largest absolute Gasteiger partial charge is 0.491 e. The molecule has 1 fully saturated rings. The van der Waals surface area contributed by atoms with Gasteiger partial charge in [-0.25, -0.2) is 4.39 Å². The molecule has 2 aliphatic rings. The minimum atomic E-state index is -0.599. The van der Waals surface area contributed by atoms with E-state index in [9.17, 15) is 14.0 Å². The van der Waals surface area contributed by atoms with Crippen molar-refractivity contribution in [2.45, 2.75) is 12.8 Å². The summed E-state index contributed by atoms with van der Waals surface area (Å²) in [5.74, 6) is -1.01. The minimum absolute atomic E-state index is 0.0312. The Morgan fingerprint density at radius 1 is 1.30 bits per heavy atom. The minimum Gasteiger partial charge on any atom is -0.491 e. The summed E-state index contributed by atoms with van der Waals surface area (Å²) in [5.41, 5.74) is -0.00799. The SMILES string of the molecule is CN1CCC(COc2cccc(F)c2NC2=CC(=O)N(CCO)C2=O)CC1. The first-order valence-electron chi connectivity index (χ1n) is 9.05. The highest BCUT2D eigenvalue weighted by atomic mass is 19.1. The number of amides is 2. The van der Waals surface area contributed by atoms with Crippen LogP contribution in [0.3, 0.4) is 0 Å². The molecule has 27 heavy (non-hydrogen) atoms. The molecule has 0 saturated carbocycles. The lowest BCUT2D eigenvalue weighted by Crippen LogP contribution is -2.34. The summed E-state index contributed by atoms with van der Waals surface area (Å²) >= 11 is 0. The predicted molar refractivity (Wildman–Crippen MR) is 97.6 cm³/mol. The zero-order valence-corrected chi connectivity index (χ0v) is 15.3. The monoisotopic (exact) mass is 377 g/mol. The molecule has 2 N–H and O–H groups in total. The lowest BCUT2D eigenvalue weighted by atomic mass is 9.98. The zero-order chi connectivity index (χ0) is 19.4. The molecular formula is C19H24FN3O4. The topological polar surface area (TPSA) is 82.1 Å². The highest BCUT2D eigenvalue weighted by Gasteiger charge is 2.31. The van der Waals surface area contributed by atoms with Gasteiger partial charge in [-0.1, -0.05) is 6.07 Å². The molecule has 7 nitrogen and oxygen atoms in total. The van der Waals surface area contributed by atoms with Crippen LogP contribution in [0.2, 0.25) is 0 Å². The Bertz CT molecular complexity index is 744. The number of imide groups is 1. The molecule has 146 valence electrons. The predicted octanol–water partition coefficient (Wildman–Crippen LogP) is 1.20. The number of piperidine rings is 1. The maximum atomic E-state index is 14.4. The van der Waals surface area contributed by atoms with Crippen molar-refractivity contribution >= 4 is 17.5 Å². The van der Waals surface area contributed by atoms with Crippen LogP contribution in [-0.2, 0) is 9.59 Å². The summed E-state index contributed by atoms with van der Waals surface area (Å²) in [5, 5.41) is 11.7. The van der Waals surface area contributed by atoms with Crippen molar-refractivity contribution in [3.8, 4) is 5.75 Å². The van der Waals surface area contributed by atoms with Gasteiger partial charge in [-0.15, -0.1) is 0 Å². The Balaban J connectivity index is 1.70. The molecule has 0 spiro atoms. The van der Waals surface area contributed by atoms with E-state index < -0.39 is 17.6 Å². The number of rotatable bonds is 7. The van der Waals surface area contributed by atoms with E-state index in [1.165, 1.54) is 6.07 Å². The molecule has 1 aromatic carbocycles. The molecule has 1 saturated heterocycles. The van der Waals surface area contributed by atoms with Crippen molar-refractivity contribution in [3.05, 3.63) is 35.8 Å². The number of halogens is 1.